The van der Waals surface area contributed by atoms with E-state index in [1.54, 1.807) is 7.11 Å². The van der Waals surface area contributed by atoms with Crippen LogP contribution in [0.3, 0.4) is 0 Å². The molecule has 1 atom stereocenters. The van der Waals surface area contributed by atoms with Gasteiger partial charge in [-0.15, -0.1) is 0 Å². The number of carbonyl (C=O) groups is 1. The second-order valence-electron chi connectivity index (χ2n) is 7.15. The minimum atomic E-state index is 0.223. The van der Waals surface area contributed by atoms with Crippen LogP contribution in [-0.2, 0) is 0 Å². The van der Waals surface area contributed by atoms with Gasteiger partial charge in [-0.3, -0.25) is 4.79 Å². The van der Waals surface area contributed by atoms with Gasteiger partial charge in [0.15, 0.2) is 5.78 Å². The fourth-order valence-corrected chi connectivity index (χ4v) is 3.96. The first kappa shape index (κ1) is 14.4. The average Bonchev–Trinajstić information content (AvgIpc) is 2.56. The van der Waals surface area contributed by atoms with E-state index < -0.39 is 0 Å². The van der Waals surface area contributed by atoms with E-state index in [9.17, 15) is 4.79 Å². The number of hydrogen-bond donors (Lipinski definition) is 0. The van der Waals surface area contributed by atoms with Crippen molar-refractivity contribution < 1.29 is 9.53 Å². The van der Waals surface area contributed by atoms with Crippen molar-refractivity contribution in [1.29, 1.82) is 0 Å². The van der Waals surface area contributed by atoms with Gasteiger partial charge in [0.05, 0.1) is 7.11 Å². The number of ether oxygens (including phenoxy) is 1. The molecule has 2 aliphatic rings. The van der Waals surface area contributed by atoms with Gasteiger partial charge in [0.2, 0.25) is 0 Å². The molecule has 0 aliphatic heterocycles. The Labute approximate surface area is 127 Å². The lowest BCUT2D eigenvalue weighted by molar-refractivity contribution is 0.0906. The Morgan fingerprint density at radius 1 is 1.29 bits per heavy atom. The van der Waals surface area contributed by atoms with Crippen molar-refractivity contribution in [3.05, 3.63) is 34.4 Å². The van der Waals surface area contributed by atoms with E-state index in [4.69, 9.17) is 4.74 Å². The first-order chi connectivity index (χ1) is 9.92. The minimum absolute atomic E-state index is 0.223. The maximum Gasteiger partial charge on any atom is 0.164 e. The van der Waals surface area contributed by atoms with Crippen LogP contribution >= 0.6 is 0 Å². The molecule has 1 saturated carbocycles. The number of fused-ring (bicyclic) bond motifs is 2. The molecule has 1 fully saturated rings. The molecule has 0 radical (unpaired) electrons. The Morgan fingerprint density at radius 3 is 2.76 bits per heavy atom. The van der Waals surface area contributed by atoms with Crippen molar-refractivity contribution in [1.82, 2.24) is 0 Å². The van der Waals surface area contributed by atoms with Crippen LogP contribution in [0.2, 0.25) is 0 Å². The zero-order valence-corrected chi connectivity index (χ0v) is 13.5. The van der Waals surface area contributed by atoms with Crippen LogP contribution in [0.4, 0.5) is 0 Å². The molecule has 2 heteroatoms. The molecule has 0 saturated heterocycles. The summed E-state index contributed by atoms with van der Waals surface area (Å²) in [7, 11) is 1.69. The van der Waals surface area contributed by atoms with E-state index in [1.807, 2.05) is 19.1 Å². The van der Waals surface area contributed by atoms with Gasteiger partial charge in [-0.2, -0.15) is 0 Å². The third-order valence-corrected chi connectivity index (χ3v) is 5.28. The smallest absolute Gasteiger partial charge is 0.164 e. The van der Waals surface area contributed by atoms with Crippen LogP contribution in [0.25, 0.3) is 6.08 Å². The highest BCUT2D eigenvalue weighted by atomic mass is 16.5. The molecular formula is C19H24O2. The SMILES string of the molecule is COc1cc2c(cc1C)C(=O)C[C@H]1C(=C2)CCCC1(C)C. The second kappa shape index (κ2) is 5.01. The maximum atomic E-state index is 12.7. The third-order valence-electron chi connectivity index (χ3n) is 5.28. The van der Waals surface area contributed by atoms with Crippen LogP contribution in [0.1, 0.15) is 61.0 Å². The molecule has 0 bridgehead atoms. The number of carbonyl (C=O) groups excluding carboxylic acids is 1. The van der Waals surface area contributed by atoms with E-state index in [2.05, 4.69) is 19.9 Å². The summed E-state index contributed by atoms with van der Waals surface area (Å²) in [5, 5.41) is 0. The summed E-state index contributed by atoms with van der Waals surface area (Å²) in [6, 6.07) is 4.03. The molecule has 2 nitrogen and oxygen atoms in total. The van der Waals surface area contributed by atoms with Crippen LogP contribution in [0.15, 0.2) is 17.7 Å². The third kappa shape index (κ3) is 2.41. The van der Waals surface area contributed by atoms with Crippen molar-refractivity contribution in [3.8, 4) is 5.75 Å². The fourth-order valence-electron chi connectivity index (χ4n) is 3.96. The number of aryl methyl sites for hydroxylation is 1. The number of allylic oxidation sites excluding steroid dienone is 1. The Kier molecular flexibility index (Phi) is 3.43. The van der Waals surface area contributed by atoms with Crippen molar-refractivity contribution in [3.63, 3.8) is 0 Å². The summed E-state index contributed by atoms with van der Waals surface area (Å²) < 4.78 is 5.42. The minimum Gasteiger partial charge on any atom is -0.496 e. The van der Waals surface area contributed by atoms with Gasteiger partial charge < -0.3 is 4.74 Å². The van der Waals surface area contributed by atoms with Crippen molar-refractivity contribution in [2.75, 3.05) is 7.11 Å². The molecule has 1 aromatic rings. The molecule has 21 heavy (non-hydrogen) atoms. The van der Waals surface area contributed by atoms with Gasteiger partial charge in [0.25, 0.3) is 0 Å². The van der Waals surface area contributed by atoms with Crippen LogP contribution in [-0.4, -0.2) is 12.9 Å². The molecule has 0 N–H and O–H groups in total. The first-order valence-corrected chi connectivity index (χ1v) is 7.84. The number of methoxy groups -OCH3 is 1. The lowest BCUT2D eigenvalue weighted by Gasteiger charge is -2.40. The quantitative estimate of drug-likeness (QED) is 0.740. The van der Waals surface area contributed by atoms with E-state index in [0.717, 1.165) is 28.9 Å². The zero-order chi connectivity index (χ0) is 15.2. The molecule has 0 spiro atoms. The molecule has 0 aromatic heterocycles. The summed E-state index contributed by atoms with van der Waals surface area (Å²) in [5.74, 6) is 1.53. The predicted octanol–water partition coefficient (Wildman–Crippen LogP) is 4.80. The first-order valence-electron chi connectivity index (χ1n) is 7.84. The van der Waals surface area contributed by atoms with Crippen LogP contribution < -0.4 is 4.74 Å². The topological polar surface area (TPSA) is 26.3 Å². The van der Waals surface area contributed by atoms with Crippen molar-refractivity contribution in [2.24, 2.45) is 11.3 Å². The highest BCUT2D eigenvalue weighted by Gasteiger charge is 2.38. The Morgan fingerprint density at radius 2 is 2.05 bits per heavy atom. The Bertz CT molecular complexity index is 623. The molecule has 2 aliphatic carbocycles. The highest BCUT2D eigenvalue weighted by Crippen LogP contribution is 2.48. The van der Waals surface area contributed by atoms with E-state index in [1.165, 1.54) is 18.4 Å². The molecule has 112 valence electrons. The van der Waals surface area contributed by atoms with E-state index in [-0.39, 0.29) is 11.2 Å². The zero-order valence-electron chi connectivity index (χ0n) is 13.5. The lowest BCUT2D eigenvalue weighted by atomic mass is 9.65. The summed E-state index contributed by atoms with van der Waals surface area (Å²) >= 11 is 0. The normalized spacial score (nSPS) is 23.7. The number of ketones is 1. The van der Waals surface area contributed by atoms with Gasteiger partial charge in [-0.1, -0.05) is 25.5 Å². The molecule has 0 heterocycles. The number of rotatable bonds is 1. The highest BCUT2D eigenvalue weighted by molar-refractivity contribution is 6.01. The van der Waals surface area contributed by atoms with E-state index in [0.29, 0.717) is 12.3 Å². The van der Waals surface area contributed by atoms with Crippen molar-refractivity contribution in [2.45, 2.75) is 46.5 Å². The van der Waals surface area contributed by atoms with Crippen LogP contribution in [0.5, 0.6) is 5.75 Å². The molecule has 0 unspecified atom stereocenters. The van der Waals surface area contributed by atoms with Gasteiger partial charge in [-0.25, -0.2) is 0 Å². The van der Waals surface area contributed by atoms with Crippen LogP contribution in [0, 0.1) is 18.3 Å². The van der Waals surface area contributed by atoms with Gasteiger partial charge in [-0.05, 0) is 60.8 Å². The molecular weight excluding hydrogens is 260 g/mol. The van der Waals surface area contributed by atoms with E-state index >= 15 is 0 Å². The molecule has 1 aromatic carbocycles. The predicted molar refractivity (Wildman–Crippen MR) is 85.8 cm³/mol. The summed E-state index contributed by atoms with van der Waals surface area (Å²) in [6.07, 6.45) is 6.46. The standard InChI is InChI=1S/C19H24O2/c1-12-8-15-14(10-18(12)21-4)9-13-6-5-7-19(2,3)16(13)11-17(15)20/h8-10,16H,5-7,11H2,1-4H3/t16-/m0/s1. The van der Waals surface area contributed by atoms with Gasteiger partial charge in [0, 0.05) is 12.0 Å². The Hall–Kier alpha value is -1.57. The summed E-state index contributed by atoms with van der Waals surface area (Å²) in [4.78, 5) is 12.7. The lowest BCUT2D eigenvalue weighted by Crippen LogP contribution is -2.30. The maximum absolute atomic E-state index is 12.7. The fraction of sp³-hybridized carbons (Fsp3) is 0.526. The van der Waals surface area contributed by atoms with Crippen molar-refractivity contribution >= 4 is 11.9 Å². The average molecular weight is 284 g/mol. The van der Waals surface area contributed by atoms with Gasteiger partial charge in [0.1, 0.15) is 5.75 Å². The summed E-state index contributed by atoms with van der Waals surface area (Å²) in [5.41, 5.74) is 4.61. The largest absolute Gasteiger partial charge is 0.496 e. The number of Topliss-reactive ketones (excluding diaryl/α,β-unsaturated/α-hetero) is 1. The summed E-state index contributed by atoms with van der Waals surface area (Å²) in [6.45, 7) is 6.61. The number of benzene rings is 1. The second-order valence-corrected chi connectivity index (χ2v) is 7.15. The monoisotopic (exact) mass is 284 g/mol. The molecule has 3 rings (SSSR count). The molecule has 0 amide bonds. The number of hydrogen-bond acceptors (Lipinski definition) is 2. The van der Waals surface area contributed by atoms with Gasteiger partial charge >= 0.3 is 0 Å². The Balaban J connectivity index is 2.13.